The summed E-state index contributed by atoms with van der Waals surface area (Å²) in [5.74, 6) is -0.459. The van der Waals surface area contributed by atoms with Crippen molar-refractivity contribution in [3.05, 3.63) is 64.9 Å². The lowest BCUT2D eigenvalue weighted by molar-refractivity contribution is -0.114. The summed E-state index contributed by atoms with van der Waals surface area (Å²) in [5, 5.41) is 10.6. The van der Waals surface area contributed by atoms with E-state index in [0.717, 1.165) is 22.3 Å². The van der Waals surface area contributed by atoms with E-state index in [1.165, 1.54) is 13.0 Å². The van der Waals surface area contributed by atoms with Crippen molar-refractivity contribution in [1.29, 1.82) is 0 Å². The number of nitrogens with zero attached hydrogens (tertiary/aromatic N) is 2. The first-order valence-corrected chi connectivity index (χ1v) is 8.99. The molecule has 0 spiro atoms. The fourth-order valence-electron chi connectivity index (χ4n) is 2.88. The third-order valence-corrected chi connectivity index (χ3v) is 4.61. The number of aromatic amines is 1. The number of anilines is 1. The molecule has 7 heteroatoms. The molecular weight excluding hydrogens is 411 g/mol. The lowest BCUT2D eigenvalue weighted by Crippen LogP contribution is -2.05. The van der Waals surface area contributed by atoms with Crippen LogP contribution < -0.4 is 5.32 Å². The standard InChI is InChI=1S/C20H14BrFN4O/c1-11(27)23-14-5-2-12(3-6-14)18-9-8-16-19(25-26-20(16)24-18)15-7-4-13(21)10-17(15)22/h2-10H,1H3,(H,23,27)(H,24,25,26). The summed E-state index contributed by atoms with van der Waals surface area (Å²) < 4.78 is 15.0. The van der Waals surface area contributed by atoms with E-state index in [2.05, 4.69) is 36.4 Å². The Morgan fingerprint density at radius 2 is 1.89 bits per heavy atom. The van der Waals surface area contributed by atoms with Gasteiger partial charge in [-0.15, -0.1) is 0 Å². The monoisotopic (exact) mass is 424 g/mol. The minimum Gasteiger partial charge on any atom is -0.326 e. The Bertz CT molecular complexity index is 1150. The smallest absolute Gasteiger partial charge is 0.221 e. The average molecular weight is 425 g/mol. The number of pyridine rings is 1. The van der Waals surface area contributed by atoms with Gasteiger partial charge in [-0.2, -0.15) is 5.10 Å². The normalized spacial score (nSPS) is 10.9. The SMILES string of the molecule is CC(=O)Nc1ccc(-c2ccc3c(-c4ccc(Br)cc4F)[nH]nc3n2)cc1. The summed E-state index contributed by atoms with van der Waals surface area (Å²) in [7, 11) is 0. The fraction of sp³-hybridized carbons (Fsp3) is 0.0500. The Kier molecular flexibility index (Phi) is 4.45. The second-order valence-electron chi connectivity index (χ2n) is 6.05. The van der Waals surface area contributed by atoms with Crippen LogP contribution in [0.3, 0.4) is 0 Å². The Morgan fingerprint density at radius 1 is 1.11 bits per heavy atom. The molecule has 0 unspecified atom stereocenters. The highest BCUT2D eigenvalue weighted by Gasteiger charge is 2.14. The van der Waals surface area contributed by atoms with E-state index < -0.39 is 0 Å². The number of H-pyrrole nitrogens is 1. The maximum atomic E-state index is 14.3. The van der Waals surface area contributed by atoms with Crippen molar-refractivity contribution >= 4 is 38.6 Å². The maximum absolute atomic E-state index is 14.3. The maximum Gasteiger partial charge on any atom is 0.221 e. The molecule has 5 nitrogen and oxygen atoms in total. The third kappa shape index (κ3) is 3.46. The van der Waals surface area contributed by atoms with Gasteiger partial charge in [0.05, 0.1) is 11.4 Å². The zero-order valence-electron chi connectivity index (χ0n) is 14.3. The first-order chi connectivity index (χ1) is 13.0. The molecule has 0 aliphatic rings. The number of aromatic nitrogens is 3. The van der Waals surface area contributed by atoms with E-state index in [4.69, 9.17) is 0 Å². The molecule has 0 radical (unpaired) electrons. The number of fused-ring (bicyclic) bond motifs is 1. The summed E-state index contributed by atoms with van der Waals surface area (Å²) in [4.78, 5) is 15.7. The molecule has 0 fully saturated rings. The summed E-state index contributed by atoms with van der Waals surface area (Å²) in [6.45, 7) is 1.47. The van der Waals surface area contributed by atoms with Gasteiger partial charge < -0.3 is 5.32 Å². The van der Waals surface area contributed by atoms with E-state index in [1.807, 2.05) is 36.4 Å². The van der Waals surface area contributed by atoms with Gasteiger partial charge in [0.2, 0.25) is 5.91 Å². The quantitative estimate of drug-likeness (QED) is 0.477. The van der Waals surface area contributed by atoms with Gasteiger partial charge in [-0.3, -0.25) is 9.89 Å². The van der Waals surface area contributed by atoms with Gasteiger partial charge in [-0.1, -0.05) is 28.1 Å². The van der Waals surface area contributed by atoms with Crippen LogP contribution in [0.4, 0.5) is 10.1 Å². The zero-order valence-corrected chi connectivity index (χ0v) is 15.8. The minimum atomic E-state index is -0.340. The highest BCUT2D eigenvalue weighted by atomic mass is 79.9. The summed E-state index contributed by atoms with van der Waals surface area (Å²) >= 11 is 3.26. The molecule has 0 saturated carbocycles. The van der Waals surface area contributed by atoms with Crippen LogP contribution in [0, 0.1) is 5.82 Å². The summed E-state index contributed by atoms with van der Waals surface area (Å²) in [5.41, 5.74) is 3.90. The predicted molar refractivity (Wildman–Crippen MR) is 107 cm³/mol. The second-order valence-corrected chi connectivity index (χ2v) is 6.96. The van der Waals surface area contributed by atoms with Crippen LogP contribution in [0.15, 0.2) is 59.1 Å². The molecule has 0 aliphatic heterocycles. The highest BCUT2D eigenvalue weighted by Crippen LogP contribution is 2.31. The summed E-state index contributed by atoms with van der Waals surface area (Å²) in [6.07, 6.45) is 0. The first kappa shape index (κ1) is 17.4. The van der Waals surface area contributed by atoms with Crippen molar-refractivity contribution in [2.24, 2.45) is 0 Å². The third-order valence-electron chi connectivity index (χ3n) is 4.12. The lowest BCUT2D eigenvalue weighted by Gasteiger charge is -2.05. The summed E-state index contributed by atoms with van der Waals surface area (Å²) in [6, 6.07) is 16.0. The van der Waals surface area contributed by atoms with Crippen molar-refractivity contribution in [1.82, 2.24) is 15.2 Å². The first-order valence-electron chi connectivity index (χ1n) is 8.20. The van der Waals surface area contributed by atoms with Crippen LogP contribution in [0.2, 0.25) is 0 Å². The molecule has 1 amide bonds. The molecule has 0 atom stereocenters. The van der Waals surface area contributed by atoms with Gasteiger partial charge in [-0.05, 0) is 42.5 Å². The van der Waals surface area contributed by atoms with Crippen LogP contribution in [-0.2, 0) is 4.79 Å². The Balaban J connectivity index is 1.71. The Morgan fingerprint density at radius 3 is 2.59 bits per heavy atom. The number of carbonyl (C=O) groups excluding carboxylic acids is 1. The Hall–Kier alpha value is -3.06. The minimum absolute atomic E-state index is 0.119. The van der Waals surface area contributed by atoms with Crippen LogP contribution in [-0.4, -0.2) is 21.1 Å². The van der Waals surface area contributed by atoms with Gasteiger partial charge >= 0.3 is 0 Å². The molecule has 2 heterocycles. The van der Waals surface area contributed by atoms with Crippen molar-refractivity contribution in [2.75, 3.05) is 5.32 Å². The second kappa shape index (κ2) is 6.92. The molecule has 2 aromatic heterocycles. The van der Waals surface area contributed by atoms with Crippen molar-refractivity contribution in [2.45, 2.75) is 6.92 Å². The van der Waals surface area contributed by atoms with Crippen LogP contribution in [0.25, 0.3) is 33.5 Å². The number of rotatable bonds is 3. The number of carbonyl (C=O) groups is 1. The molecule has 2 N–H and O–H groups in total. The van der Waals surface area contributed by atoms with Crippen molar-refractivity contribution in [3.8, 4) is 22.5 Å². The molecule has 0 bridgehead atoms. The predicted octanol–water partition coefficient (Wildman–Crippen LogP) is 5.15. The number of amides is 1. The van der Waals surface area contributed by atoms with E-state index in [9.17, 15) is 9.18 Å². The molecule has 27 heavy (non-hydrogen) atoms. The van der Waals surface area contributed by atoms with E-state index in [0.29, 0.717) is 21.4 Å². The largest absolute Gasteiger partial charge is 0.326 e. The molecule has 4 rings (SSSR count). The van der Waals surface area contributed by atoms with Gasteiger partial charge in [0.1, 0.15) is 5.82 Å². The van der Waals surface area contributed by atoms with Gasteiger partial charge in [0.25, 0.3) is 0 Å². The molecule has 134 valence electrons. The Labute approximate surface area is 162 Å². The lowest BCUT2D eigenvalue weighted by atomic mass is 10.1. The van der Waals surface area contributed by atoms with Crippen LogP contribution >= 0.6 is 15.9 Å². The molecule has 2 aromatic carbocycles. The number of nitrogens with one attached hydrogen (secondary N) is 2. The average Bonchev–Trinajstić information content (AvgIpc) is 3.05. The zero-order chi connectivity index (χ0) is 19.0. The van der Waals surface area contributed by atoms with Gasteiger partial charge in [0, 0.05) is 33.6 Å². The van der Waals surface area contributed by atoms with Gasteiger partial charge in [-0.25, -0.2) is 9.37 Å². The van der Waals surface area contributed by atoms with Crippen molar-refractivity contribution in [3.63, 3.8) is 0 Å². The number of benzene rings is 2. The topological polar surface area (TPSA) is 70.7 Å². The van der Waals surface area contributed by atoms with Crippen LogP contribution in [0.1, 0.15) is 6.92 Å². The van der Waals surface area contributed by atoms with Crippen LogP contribution in [0.5, 0.6) is 0 Å². The molecule has 0 aliphatic carbocycles. The molecule has 0 saturated heterocycles. The van der Waals surface area contributed by atoms with E-state index in [-0.39, 0.29) is 11.7 Å². The number of hydrogen-bond donors (Lipinski definition) is 2. The number of halogens is 2. The van der Waals surface area contributed by atoms with E-state index >= 15 is 0 Å². The highest BCUT2D eigenvalue weighted by molar-refractivity contribution is 9.10. The molecule has 4 aromatic rings. The van der Waals surface area contributed by atoms with E-state index in [1.54, 1.807) is 12.1 Å². The number of hydrogen-bond acceptors (Lipinski definition) is 3. The molecular formula is C20H14BrFN4O. The fourth-order valence-corrected chi connectivity index (χ4v) is 3.22. The van der Waals surface area contributed by atoms with Gasteiger partial charge in [0.15, 0.2) is 5.65 Å². The van der Waals surface area contributed by atoms with Crippen molar-refractivity contribution < 1.29 is 9.18 Å².